The van der Waals surface area contributed by atoms with Crippen LogP contribution < -0.4 is 5.32 Å². The van der Waals surface area contributed by atoms with Crippen molar-refractivity contribution in [2.45, 2.75) is 0 Å². The summed E-state index contributed by atoms with van der Waals surface area (Å²) in [6, 6.07) is 3.67. The molecule has 3 heteroatoms. The third-order valence-electron chi connectivity index (χ3n) is 1.05. The van der Waals surface area contributed by atoms with Gasteiger partial charge in [0, 0.05) is 12.4 Å². The Balaban J connectivity index is 2.50. The summed E-state index contributed by atoms with van der Waals surface area (Å²) >= 11 is 0. The minimum absolute atomic E-state index is 0.339. The predicted molar refractivity (Wildman–Crippen MR) is 38.8 cm³/mol. The topological polar surface area (TPSA) is 42.0 Å². The van der Waals surface area contributed by atoms with Crippen LogP contribution >= 0.6 is 0 Å². The average molecular weight is 136 g/mol. The molecule has 0 atom stereocenters. The second kappa shape index (κ2) is 3.61. The second-order valence-electron chi connectivity index (χ2n) is 1.79. The zero-order chi connectivity index (χ0) is 7.23. The van der Waals surface area contributed by atoms with E-state index in [0.717, 1.165) is 12.0 Å². The average Bonchev–Trinajstić information content (AvgIpc) is 2.03. The number of anilines is 1. The normalized spacial score (nSPS) is 8.80. The number of hydrogen-bond acceptors (Lipinski definition) is 3. The molecule has 52 valence electrons. The van der Waals surface area contributed by atoms with Gasteiger partial charge in [-0.25, -0.2) is 0 Å². The molecule has 10 heavy (non-hydrogen) atoms. The van der Waals surface area contributed by atoms with E-state index in [2.05, 4.69) is 10.3 Å². The minimum atomic E-state index is 0.339. The largest absolute Gasteiger partial charge is 0.377 e. The van der Waals surface area contributed by atoms with Crippen molar-refractivity contribution in [3.05, 3.63) is 24.5 Å². The van der Waals surface area contributed by atoms with Crippen LogP contribution in [-0.4, -0.2) is 17.8 Å². The predicted octanol–water partition coefficient (Wildman–Crippen LogP) is 0.692. The van der Waals surface area contributed by atoms with Crippen molar-refractivity contribution in [1.82, 2.24) is 4.98 Å². The molecule has 0 fully saturated rings. The Morgan fingerprint density at radius 3 is 3.20 bits per heavy atom. The first kappa shape index (κ1) is 6.74. The lowest BCUT2D eigenvalue weighted by molar-refractivity contribution is -0.106. The lowest BCUT2D eigenvalue weighted by Gasteiger charge is -1.97. The fourth-order valence-electron chi connectivity index (χ4n) is 0.627. The maximum absolute atomic E-state index is 9.90. The summed E-state index contributed by atoms with van der Waals surface area (Å²) in [7, 11) is 0. The van der Waals surface area contributed by atoms with Crippen molar-refractivity contribution < 1.29 is 4.79 Å². The first-order valence-corrected chi connectivity index (χ1v) is 3.01. The summed E-state index contributed by atoms with van der Waals surface area (Å²) in [6.07, 6.45) is 4.17. The molecule has 0 saturated heterocycles. The van der Waals surface area contributed by atoms with Crippen molar-refractivity contribution in [1.29, 1.82) is 0 Å². The molecule has 0 aliphatic heterocycles. The van der Waals surface area contributed by atoms with Gasteiger partial charge in [0.2, 0.25) is 0 Å². The molecule has 0 unspecified atom stereocenters. The monoisotopic (exact) mass is 136 g/mol. The fraction of sp³-hybridized carbons (Fsp3) is 0.143. The van der Waals surface area contributed by atoms with E-state index >= 15 is 0 Å². The molecule has 1 rings (SSSR count). The number of carbonyl (C=O) groups excluding carboxylic acids is 1. The summed E-state index contributed by atoms with van der Waals surface area (Å²) in [6.45, 7) is 0.339. The summed E-state index contributed by atoms with van der Waals surface area (Å²) in [5, 5.41) is 2.86. The highest BCUT2D eigenvalue weighted by Gasteiger charge is 1.85. The van der Waals surface area contributed by atoms with E-state index in [1.807, 2.05) is 12.1 Å². The Bertz CT molecular complexity index is 198. The third kappa shape index (κ3) is 1.85. The van der Waals surface area contributed by atoms with Gasteiger partial charge in [0.05, 0.1) is 12.2 Å². The Kier molecular flexibility index (Phi) is 2.43. The SMILES string of the molecule is O=CCNc1cccnc1. The maximum atomic E-state index is 9.90. The van der Waals surface area contributed by atoms with Gasteiger partial charge < -0.3 is 10.1 Å². The number of nitrogens with zero attached hydrogens (tertiary/aromatic N) is 1. The Labute approximate surface area is 59.1 Å². The van der Waals surface area contributed by atoms with Gasteiger partial charge in [-0.3, -0.25) is 4.98 Å². The van der Waals surface area contributed by atoms with Gasteiger partial charge in [0.1, 0.15) is 6.29 Å². The Hall–Kier alpha value is -1.38. The van der Waals surface area contributed by atoms with Crippen LogP contribution in [-0.2, 0) is 4.79 Å². The first-order chi connectivity index (χ1) is 4.93. The highest BCUT2D eigenvalue weighted by molar-refractivity contribution is 5.58. The van der Waals surface area contributed by atoms with Crippen molar-refractivity contribution in [3.63, 3.8) is 0 Å². The van der Waals surface area contributed by atoms with Gasteiger partial charge >= 0.3 is 0 Å². The zero-order valence-corrected chi connectivity index (χ0v) is 5.45. The smallest absolute Gasteiger partial charge is 0.139 e. The van der Waals surface area contributed by atoms with E-state index in [0.29, 0.717) is 6.54 Å². The van der Waals surface area contributed by atoms with E-state index in [-0.39, 0.29) is 0 Å². The summed E-state index contributed by atoms with van der Waals surface area (Å²) in [4.78, 5) is 13.8. The number of aromatic nitrogens is 1. The molecule has 0 saturated carbocycles. The molecule has 0 amide bonds. The molecule has 0 aliphatic carbocycles. The van der Waals surface area contributed by atoms with Crippen LogP contribution in [0.2, 0.25) is 0 Å². The van der Waals surface area contributed by atoms with Gasteiger partial charge in [0.25, 0.3) is 0 Å². The van der Waals surface area contributed by atoms with Gasteiger partial charge in [-0.15, -0.1) is 0 Å². The first-order valence-electron chi connectivity index (χ1n) is 3.01. The van der Waals surface area contributed by atoms with E-state index < -0.39 is 0 Å². The Morgan fingerprint density at radius 2 is 2.60 bits per heavy atom. The summed E-state index contributed by atoms with van der Waals surface area (Å²) in [5.41, 5.74) is 0.870. The molecule has 1 heterocycles. The number of nitrogens with one attached hydrogen (secondary N) is 1. The molecule has 0 radical (unpaired) electrons. The van der Waals surface area contributed by atoms with Crippen LogP contribution in [0.5, 0.6) is 0 Å². The van der Waals surface area contributed by atoms with E-state index in [9.17, 15) is 4.79 Å². The standard InChI is InChI=1S/C7H8N2O/c10-5-4-9-7-2-1-3-8-6-7/h1-3,5-6,9H,4H2. The van der Waals surface area contributed by atoms with Gasteiger partial charge in [-0.2, -0.15) is 0 Å². The van der Waals surface area contributed by atoms with Crippen LogP contribution in [0.3, 0.4) is 0 Å². The lowest BCUT2D eigenvalue weighted by Crippen LogP contribution is -2.01. The molecule has 0 spiro atoms. The van der Waals surface area contributed by atoms with E-state index in [1.54, 1.807) is 12.4 Å². The molecule has 1 aromatic heterocycles. The van der Waals surface area contributed by atoms with Crippen molar-refractivity contribution in [3.8, 4) is 0 Å². The zero-order valence-electron chi connectivity index (χ0n) is 5.45. The third-order valence-corrected chi connectivity index (χ3v) is 1.05. The van der Waals surface area contributed by atoms with E-state index in [4.69, 9.17) is 0 Å². The second-order valence-corrected chi connectivity index (χ2v) is 1.79. The number of hydrogen-bond donors (Lipinski definition) is 1. The molecule has 0 aliphatic rings. The molecular formula is C7H8N2O. The summed E-state index contributed by atoms with van der Waals surface area (Å²) in [5.74, 6) is 0. The molecule has 1 aromatic rings. The Morgan fingerprint density at radius 1 is 1.70 bits per heavy atom. The minimum Gasteiger partial charge on any atom is -0.377 e. The maximum Gasteiger partial charge on any atom is 0.139 e. The van der Waals surface area contributed by atoms with Crippen LogP contribution in [0.4, 0.5) is 5.69 Å². The number of pyridine rings is 1. The van der Waals surface area contributed by atoms with Crippen LogP contribution in [0.1, 0.15) is 0 Å². The lowest BCUT2D eigenvalue weighted by atomic mass is 10.4. The number of aldehydes is 1. The fourth-order valence-corrected chi connectivity index (χ4v) is 0.627. The number of rotatable bonds is 3. The summed E-state index contributed by atoms with van der Waals surface area (Å²) < 4.78 is 0. The van der Waals surface area contributed by atoms with Crippen LogP contribution in [0.15, 0.2) is 24.5 Å². The van der Waals surface area contributed by atoms with Crippen molar-refractivity contribution in [2.24, 2.45) is 0 Å². The van der Waals surface area contributed by atoms with Gasteiger partial charge in [0.15, 0.2) is 0 Å². The number of carbonyl (C=O) groups is 1. The highest BCUT2D eigenvalue weighted by atomic mass is 16.1. The molecule has 0 aromatic carbocycles. The van der Waals surface area contributed by atoms with Crippen LogP contribution in [0.25, 0.3) is 0 Å². The van der Waals surface area contributed by atoms with Crippen molar-refractivity contribution >= 4 is 12.0 Å². The van der Waals surface area contributed by atoms with Crippen molar-refractivity contribution in [2.75, 3.05) is 11.9 Å². The quantitative estimate of drug-likeness (QED) is 0.622. The highest BCUT2D eigenvalue weighted by Crippen LogP contribution is 1.99. The van der Waals surface area contributed by atoms with E-state index in [1.165, 1.54) is 0 Å². The van der Waals surface area contributed by atoms with Gasteiger partial charge in [-0.05, 0) is 12.1 Å². The molecule has 1 N–H and O–H groups in total. The van der Waals surface area contributed by atoms with Gasteiger partial charge in [-0.1, -0.05) is 0 Å². The molecule has 0 bridgehead atoms. The molecular weight excluding hydrogens is 128 g/mol. The molecule has 3 nitrogen and oxygen atoms in total. The van der Waals surface area contributed by atoms with Crippen LogP contribution in [0, 0.1) is 0 Å².